The van der Waals surface area contributed by atoms with Crippen molar-refractivity contribution in [3.63, 3.8) is 0 Å². The highest BCUT2D eigenvalue weighted by Crippen LogP contribution is 2.23. The second-order valence-electron chi connectivity index (χ2n) is 4.52. The zero-order valence-corrected chi connectivity index (χ0v) is 13.0. The van der Waals surface area contributed by atoms with Crippen molar-refractivity contribution in [3.8, 4) is 5.75 Å². The Morgan fingerprint density at radius 1 is 1.09 bits per heavy atom. The molecule has 0 fully saturated rings. The molecule has 22 heavy (non-hydrogen) atoms. The molecule has 116 valence electrons. The molecule has 2 aromatic carbocycles. The van der Waals surface area contributed by atoms with Crippen LogP contribution in [0.1, 0.15) is 15.9 Å². The fourth-order valence-electron chi connectivity index (χ4n) is 1.84. The number of hydrogen-bond donors (Lipinski definition) is 0. The second kappa shape index (κ2) is 8.41. The normalized spacial score (nSPS) is 10.3. The molecule has 0 heterocycles. The van der Waals surface area contributed by atoms with Crippen molar-refractivity contribution in [2.24, 2.45) is 0 Å². The van der Waals surface area contributed by atoms with E-state index in [2.05, 4.69) is 4.74 Å². The van der Waals surface area contributed by atoms with Crippen molar-refractivity contribution in [2.45, 2.75) is 6.61 Å². The molecule has 0 saturated heterocycles. The van der Waals surface area contributed by atoms with E-state index in [0.29, 0.717) is 36.2 Å². The molecule has 2 rings (SSSR count). The topological polar surface area (TPSA) is 44.8 Å². The van der Waals surface area contributed by atoms with Crippen molar-refractivity contribution in [1.82, 2.24) is 0 Å². The number of halogens is 1. The molecule has 0 aliphatic carbocycles. The van der Waals surface area contributed by atoms with Gasteiger partial charge in [-0.1, -0.05) is 41.9 Å². The Hall–Kier alpha value is -2.04. The summed E-state index contributed by atoms with van der Waals surface area (Å²) in [6, 6.07) is 14.8. The highest BCUT2D eigenvalue weighted by molar-refractivity contribution is 6.33. The predicted octanol–water partition coefficient (Wildman–Crippen LogP) is 3.72. The Balaban J connectivity index is 1.75. The molecule has 0 N–H and O–H groups in total. The van der Waals surface area contributed by atoms with E-state index in [9.17, 15) is 4.79 Å². The molecule has 2 aromatic rings. The van der Waals surface area contributed by atoms with Crippen LogP contribution in [0.25, 0.3) is 0 Å². The Morgan fingerprint density at radius 2 is 1.86 bits per heavy atom. The number of carbonyl (C=O) groups is 1. The lowest BCUT2D eigenvalue weighted by Crippen LogP contribution is -2.07. The monoisotopic (exact) mass is 320 g/mol. The molecule has 0 saturated carbocycles. The second-order valence-corrected chi connectivity index (χ2v) is 4.93. The van der Waals surface area contributed by atoms with Crippen LogP contribution in [0.15, 0.2) is 48.5 Å². The summed E-state index contributed by atoms with van der Waals surface area (Å²) in [6.07, 6.45) is 0. The van der Waals surface area contributed by atoms with Crippen LogP contribution in [0.2, 0.25) is 5.02 Å². The number of ether oxygens (including phenoxy) is 3. The first-order valence-electron chi connectivity index (χ1n) is 6.83. The zero-order valence-electron chi connectivity index (χ0n) is 12.3. The number of benzene rings is 2. The molecule has 0 bridgehead atoms. The van der Waals surface area contributed by atoms with E-state index in [0.717, 1.165) is 5.56 Å². The number of hydrogen-bond acceptors (Lipinski definition) is 4. The summed E-state index contributed by atoms with van der Waals surface area (Å²) in [5, 5.41) is 0.301. The third-order valence-electron chi connectivity index (χ3n) is 2.95. The summed E-state index contributed by atoms with van der Waals surface area (Å²) < 4.78 is 15.7. The predicted molar refractivity (Wildman–Crippen MR) is 84.4 cm³/mol. The van der Waals surface area contributed by atoms with Crippen LogP contribution < -0.4 is 4.74 Å². The van der Waals surface area contributed by atoms with Gasteiger partial charge in [0.1, 0.15) is 12.4 Å². The first-order chi connectivity index (χ1) is 10.7. The van der Waals surface area contributed by atoms with Gasteiger partial charge in [-0.3, -0.25) is 0 Å². The first kappa shape index (κ1) is 16.3. The van der Waals surface area contributed by atoms with Crippen LogP contribution in [0.5, 0.6) is 5.75 Å². The molecule has 0 aromatic heterocycles. The summed E-state index contributed by atoms with van der Waals surface area (Å²) in [4.78, 5) is 11.4. The molecule has 0 unspecified atom stereocenters. The molecular weight excluding hydrogens is 304 g/mol. The fraction of sp³-hybridized carbons (Fsp3) is 0.235. The maximum atomic E-state index is 11.4. The smallest absolute Gasteiger partial charge is 0.339 e. The highest BCUT2D eigenvalue weighted by atomic mass is 35.5. The van der Waals surface area contributed by atoms with E-state index < -0.39 is 5.97 Å². The quantitative estimate of drug-likeness (QED) is 0.576. The Kier molecular flexibility index (Phi) is 6.25. The van der Waals surface area contributed by atoms with E-state index in [4.69, 9.17) is 21.1 Å². The Labute approximate surface area is 134 Å². The lowest BCUT2D eigenvalue weighted by atomic mass is 10.2. The van der Waals surface area contributed by atoms with E-state index in [-0.39, 0.29) is 0 Å². The molecule has 0 aliphatic heterocycles. The van der Waals surface area contributed by atoms with Gasteiger partial charge in [-0.05, 0) is 23.8 Å². The minimum absolute atomic E-state index is 0.301. The van der Waals surface area contributed by atoms with Crippen LogP contribution in [0, 0.1) is 0 Å². The van der Waals surface area contributed by atoms with Crippen molar-refractivity contribution in [2.75, 3.05) is 20.3 Å². The van der Waals surface area contributed by atoms with Crippen molar-refractivity contribution in [1.29, 1.82) is 0 Å². The molecule has 0 spiro atoms. The number of esters is 1. The van der Waals surface area contributed by atoms with Crippen LogP contribution in [0.4, 0.5) is 0 Å². The van der Waals surface area contributed by atoms with Crippen molar-refractivity contribution in [3.05, 3.63) is 64.7 Å². The molecule has 0 aliphatic rings. The minimum atomic E-state index is -0.470. The SMILES string of the molecule is COC(=O)c1ccc(OCCOCc2ccccc2)cc1Cl. The van der Waals surface area contributed by atoms with Gasteiger partial charge in [0, 0.05) is 0 Å². The maximum absolute atomic E-state index is 11.4. The van der Waals surface area contributed by atoms with Crippen LogP contribution in [0.3, 0.4) is 0 Å². The van der Waals surface area contributed by atoms with Crippen molar-refractivity contribution >= 4 is 17.6 Å². The third kappa shape index (κ3) is 4.76. The standard InChI is InChI=1S/C17H17ClO4/c1-20-17(19)15-8-7-14(11-16(15)18)22-10-9-21-12-13-5-3-2-4-6-13/h2-8,11H,9-10,12H2,1H3. The molecular formula is C17H17ClO4. The maximum Gasteiger partial charge on any atom is 0.339 e. The summed E-state index contributed by atoms with van der Waals surface area (Å²) in [5.41, 5.74) is 1.44. The van der Waals surface area contributed by atoms with Crippen LogP contribution >= 0.6 is 11.6 Å². The molecule has 5 heteroatoms. The van der Waals surface area contributed by atoms with E-state index in [1.54, 1.807) is 18.2 Å². The van der Waals surface area contributed by atoms with Gasteiger partial charge >= 0.3 is 5.97 Å². The van der Waals surface area contributed by atoms with Crippen LogP contribution in [-0.4, -0.2) is 26.3 Å². The first-order valence-corrected chi connectivity index (χ1v) is 7.21. The molecule has 0 atom stereocenters. The number of rotatable bonds is 7. The van der Waals surface area contributed by atoms with E-state index in [1.807, 2.05) is 30.3 Å². The number of carbonyl (C=O) groups excluding carboxylic acids is 1. The van der Waals surface area contributed by atoms with Gasteiger partial charge in [0.15, 0.2) is 0 Å². The highest BCUT2D eigenvalue weighted by Gasteiger charge is 2.11. The van der Waals surface area contributed by atoms with Crippen molar-refractivity contribution < 1.29 is 19.0 Å². The summed E-state index contributed by atoms with van der Waals surface area (Å²) in [5.74, 6) is 0.115. The Bertz CT molecular complexity index is 613. The van der Waals surface area contributed by atoms with E-state index >= 15 is 0 Å². The lowest BCUT2D eigenvalue weighted by molar-refractivity contribution is 0.0600. The van der Waals surface area contributed by atoms with Gasteiger partial charge in [0.2, 0.25) is 0 Å². The van der Waals surface area contributed by atoms with Gasteiger partial charge in [-0.25, -0.2) is 4.79 Å². The largest absolute Gasteiger partial charge is 0.491 e. The molecule has 4 nitrogen and oxygen atoms in total. The van der Waals surface area contributed by atoms with Gasteiger partial charge in [-0.2, -0.15) is 0 Å². The lowest BCUT2D eigenvalue weighted by Gasteiger charge is -2.09. The van der Waals surface area contributed by atoms with Gasteiger partial charge in [0.05, 0.1) is 30.9 Å². The molecule has 0 amide bonds. The summed E-state index contributed by atoms with van der Waals surface area (Å²) >= 11 is 6.01. The third-order valence-corrected chi connectivity index (χ3v) is 3.27. The average Bonchev–Trinajstić information content (AvgIpc) is 2.55. The fourth-order valence-corrected chi connectivity index (χ4v) is 2.09. The summed E-state index contributed by atoms with van der Waals surface area (Å²) in [6.45, 7) is 1.41. The molecule has 0 radical (unpaired) electrons. The van der Waals surface area contributed by atoms with Crippen LogP contribution in [-0.2, 0) is 16.1 Å². The van der Waals surface area contributed by atoms with Gasteiger partial charge < -0.3 is 14.2 Å². The Morgan fingerprint density at radius 3 is 2.55 bits per heavy atom. The zero-order chi connectivity index (χ0) is 15.8. The van der Waals surface area contributed by atoms with Gasteiger partial charge in [-0.15, -0.1) is 0 Å². The summed E-state index contributed by atoms with van der Waals surface area (Å²) in [7, 11) is 1.31. The van der Waals surface area contributed by atoms with E-state index in [1.165, 1.54) is 7.11 Å². The number of methoxy groups -OCH3 is 1. The van der Waals surface area contributed by atoms with Gasteiger partial charge in [0.25, 0.3) is 0 Å². The average molecular weight is 321 g/mol. The minimum Gasteiger partial charge on any atom is -0.491 e.